The first kappa shape index (κ1) is 11.2. The lowest BCUT2D eigenvalue weighted by Crippen LogP contribution is -2.46. The number of aryl methyl sites for hydroxylation is 1. The Morgan fingerprint density at radius 3 is 2.59 bits per heavy atom. The SMILES string of the molecule is Cc1ccc2c(c1)CC1(C)OC(C)(C)C2(O)O1. The van der Waals surface area contributed by atoms with Crippen molar-refractivity contribution in [1.29, 1.82) is 0 Å². The van der Waals surface area contributed by atoms with E-state index in [2.05, 4.69) is 13.0 Å². The molecule has 3 nitrogen and oxygen atoms in total. The third-order valence-corrected chi connectivity index (χ3v) is 3.79. The van der Waals surface area contributed by atoms with Gasteiger partial charge in [-0.1, -0.05) is 23.8 Å². The molecule has 2 heterocycles. The van der Waals surface area contributed by atoms with Crippen LogP contribution in [0.3, 0.4) is 0 Å². The Balaban J connectivity index is 2.25. The fraction of sp³-hybridized carbons (Fsp3) is 0.571. The first-order valence-electron chi connectivity index (χ1n) is 5.99. The number of hydrogen-bond acceptors (Lipinski definition) is 3. The van der Waals surface area contributed by atoms with Crippen LogP contribution in [0.15, 0.2) is 18.2 Å². The zero-order chi connectivity index (χ0) is 12.5. The molecule has 0 amide bonds. The van der Waals surface area contributed by atoms with Crippen molar-refractivity contribution in [3.05, 3.63) is 34.9 Å². The molecule has 0 radical (unpaired) electrons. The summed E-state index contributed by atoms with van der Waals surface area (Å²) in [6.07, 6.45) is 0.676. The van der Waals surface area contributed by atoms with Gasteiger partial charge in [0, 0.05) is 12.0 Å². The number of benzene rings is 1. The lowest BCUT2D eigenvalue weighted by atomic mass is 9.85. The van der Waals surface area contributed by atoms with Crippen LogP contribution in [-0.2, 0) is 21.7 Å². The summed E-state index contributed by atoms with van der Waals surface area (Å²) in [5, 5.41) is 10.8. The van der Waals surface area contributed by atoms with Crippen LogP contribution in [0.4, 0.5) is 0 Å². The van der Waals surface area contributed by atoms with Crippen molar-refractivity contribution in [2.45, 2.75) is 51.3 Å². The molecule has 2 aliphatic heterocycles. The number of fused-ring (bicyclic) bond motifs is 4. The molecule has 1 N–H and O–H groups in total. The lowest BCUT2D eigenvalue weighted by Gasteiger charge is -2.37. The summed E-state index contributed by atoms with van der Waals surface area (Å²) in [6.45, 7) is 7.68. The van der Waals surface area contributed by atoms with Crippen LogP contribution in [0.25, 0.3) is 0 Å². The number of rotatable bonds is 0. The molecule has 2 bridgehead atoms. The Morgan fingerprint density at radius 1 is 1.18 bits per heavy atom. The molecule has 0 aliphatic carbocycles. The molecule has 0 aromatic heterocycles. The summed E-state index contributed by atoms with van der Waals surface area (Å²) in [4.78, 5) is 0. The molecular formula is C14H18O3. The van der Waals surface area contributed by atoms with Crippen LogP contribution in [0.5, 0.6) is 0 Å². The van der Waals surface area contributed by atoms with Crippen molar-refractivity contribution in [3.8, 4) is 0 Å². The van der Waals surface area contributed by atoms with Gasteiger partial charge in [-0.15, -0.1) is 0 Å². The van der Waals surface area contributed by atoms with Crippen LogP contribution in [0.2, 0.25) is 0 Å². The maximum Gasteiger partial charge on any atom is 0.224 e. The van der Waals surface area contributed by atoms with Crippen molar-refractivity contribution in [2.24, 2.45) is 0 Å². The molecule has 2 atom stereocenters. The van der Waals surface area contributed by atoms with E-state index in [1.54, 1.807) is 0 Å². The lowest BCUT2D eigenvalue weighted by molar-refractivity contribution is -0.258. The van der Waals surface area contributed by atoms with Crippen molar-refractivity contribution in [1.82, 2.24) is 0 Å². The summed E-state index contributed by atoms with van der Waals surface area (Å²) < 4.78 is 11.7. The highest BCUT2D eigenvalue weighted by atomic mass is 16.8. The van der Waals surface area contributed by atoms with E-state index in [-0.39, 0.29) is 0 Å². The van der Waals surface area contributed by atoms with Crippen molar-refractivity contribution < 1.29 is 14.6 Å². The number of hydrogen-bond donors (Lipinski definition) is 1. The van der Waals surface area contributed by atoms with Crippen molar-refractivity contribution in [3.63, 3.8) is 0 Å². The maximum absolute atomic E-state index is 10.8. The molecular weight excluding hydrogens is 216 g/mol. The van der Waals surface area contributed by atoms with Crippen LogP contribution >= 0.6 is 0 Å². The first-order valence-corrected chi connectivity index (χ1v) is 5.99. The Bertz CT molecular complexity index is 494. The van der Waals surface area contributed by atoms with Gasteiger partial charge in [0.2, 0.25) is 5.79 Å². The first-order chi connectivity index (χ1) is 7.76. The van der Waals surface area contributed by atoms with E-state index >= 15 is 0 Å². The molecule has 0 spiro atoms. The molecule has 3 rings (SSSR count). The molecule has 2 aliphatic rings. The standard InChI is InChI=1S/C14H18O3/c1-9-5-6-11-10(7-9)8-13(4)16-12(2,3)14(11,15)17-13/h5-7,15H,8H2,1-4H3. The minimum Gasteiger partial charge on any atom is -0.359 e. The zero-order valence-electron chi connectivity index (χ0n) is 10.7. The predicted molar refractivity (Wildman–Crippen MR) is 63.4 cm³/mol. The van der Waals surface area contributed by atoms with Gasteiger partial charge in [0.1, 0.15) is 5.60 Å². The quantitative estimate of drug-likeness (QED) is 0.748. The van der Waals surface area contributed by atoms with Crippen molar-refractivity contribution >= 4 is 0 Å². The van der Waals surface area contributed by atoms with Gasteiger partial charge in [-0.2, -0.15) is 0 Å². The average molecular weight is 234 g/mol. The third kappa shape index (κ3) is 1.33. The average Bonchev–Trinajstić information content (AvgIpc) is 2.28. The second-order valence-corrected chi connectivity index (χ2v) is 5.83. The number of aliphatic hydroxyl groups is 1. The largest absolute Gasteiger partial charge is 0.359 e. The van der Waals surface area contributed by atoms with E-state index in [9.17, 15) is 5.11 Å². The fourth-order valence-electron chi connectivity index (χ4n) is 3.06. The van der Waals surface area contributed by atoms with Crippen LogP contribution in [0.1, 0.15) is 37.5 Å². The van der Waals surface area contributed by atoms with E-state index in [0.29, 0.717) is 6.42 Å². The van der Waals surface area contributed by atoms with E-state index < -0.39 is 17.2 Å². The van der Waals surface area contributed by atoms with Gasteiger partial charge in [-0.05, 0) is 33.3 Å². The van der Waals surface area contributed by atoms with E-state index in [1.807, 2.05) is 32.9 Å². The molecule has 2 unspecified atom stereocenters. The van der Waals surface area contributed by atoms with Crippen LogP contribution < -0.4 is 0 Å². The Hall–Kier alpha value is -0.900. The third-order valence-electron chi connectivity index (χ3n) is 3.79. The molecule has 1 fully saturated rings. The van der Waals surface area contributed by atoms with Gasteiger partial charge < -0.3 is 14.6 Å². The summed E-state index contributed by atoms with van der Waals surface area (Å²) in [6, 6.07) is 6.05. The van der Waals surface area contributed by atoms with E-state index in [4.69, 9.17) is 9.47 Å². The van der Waals surface area contributed by atoms with Crippen LogP contribution in [0, 0.1) is 6.92 Å². The predicted octanol–water partition coefficient (Wildman–Crippen LogP) is 2.24. The zero-order valence-corrected chi connectivity index (χ0v) is 10.7. The van der Waals surface area contributed by atoms with E-state index in [1.165, 1.54) is 5.56 Å². The second kappa shape index (κ2) is 2.91. The highest BCUT2D eigenvalue weighted by Gasteiger charge is 2.63. The molecule has 1 aromatic carbocycles. The molecule has 0 saturated carbocycles. The van der Waals surface area contributed by atoms with Crippen LogP contribution in [-0.4, -0.2) is 16.5 Å². The molecule has 1 saturated heterocycles. The van der Waals surface area contributed by atoms with Gasteiger partial charge in [-0.25, -0.2) is 0 Å². The summed E-state index contributed by atoms with van der Waals surface area (Å²) in [7, 11) is 0. The van der Waals surface area contributed by atoms with Gasteiger partial charge in [-0.3, -0.25) is 0 Å². The fourth-order valence-corrected chi connectivity index (χ4v) is 3.06. The summed E-state index contributed by atoms with van der Waals surface area (Å²) >= 11 is 0. The Kier molecular flexibility index (Phi) is 1.92. The number of ether oxygens (including phenoxy) is 2. The smallest absolute Gasteiger partial charge is 0.224 e. The Labute approximate surface area is 101 Å². The normalized spacial score (nSPS) is 37.9. The summed E-state index contributed by atoms with van der Waals surface area (Å²) in [5.41, 5.74) is 2.41. The van der Waals surface area contributed by atoms with Gasteiger partial charge in [0.05, 0.1) is 0 Å². The Morgan fingerprint density at radius 2 is 1.88 bits per heavy atom. The van der Waals surface area contributed by atoms with Gasteiger partial charge in [0.25, 0.3) is 0 Å². The second-order valence-electron chi connectivity index (χ2n) is 5.83. The molecule has 17 heavy (non-hydrogen) atoms. The van der Waals surface area contributed by atoms with Crippen molar-refractivity contribution in [2.75, 3.05) is 0 Å². The topological polar surface area (TPSA) is 38.7 Å². The van der Waals surface area contributed by atoms with Gasteiger partial charge >= 0.3 is 0 Å². The minimum atomic E-state index is -1.34. The molecule has 1 aromatic rings. The highest BCUT2D eigenvalue weighted by Crippen LogP contribution is 2.54. The minimum absolute atomic E-state index is 0.676. The van der Waals surface area contributed by atoms with E-state index in [0.717, 1.165) is 11.1 Å². The van der Waals surface area contributed by atoms with Gasteiger partial charge in [0.15, 0.2) is 5.79 Å². The monoisotopic (exact) mass is 234 g/mol. The maximum atomic E-state index is 10.8. The molecule has 3 heteroatoms. The highest BCUT2D eigenvalue weighted by molar-refractivity contribution is 5.40. The molecule has 92 valence electrons. The summed E-state index contributed by atoms with van der Waals surface area (Å²) in [5.74, 6) is -2.07.